The van der Waals surface area contributed by atoms with Gasteiger partial charge in [0.05, 0.1) is 5.56 Å². The highest BCUT2D eigenvalue weighted by Crippen LogP contribution is 2.40. The maximum Gasteiger partial charge on any atom is 0.417 e. The molecule has 0 saturated carbocycles. The van der Waals surface area contributed by atoms with Crippen LogP contribution in [0.1, 0.15) is 16.7 Å². The van der Waals surface area contributed by atoms with Gasteiger partial charge in [0.15, 0.2) is 0 Å². The fourth-order valence-corrected chi connectivity index (χ4v) is 3.07. The number of alkyl halides is 3. The van der Waals surface area contributed by atoms with Crippen LogP contribution in [0.25, 0.3) is 0 Å². The molecule has 0 spiro atoms. The summed E-state index contributed by atoms with van der Waals surface area (Å²) in [6.45, 7) is 2.34. The largest absolute Gasteiger partial charge is 0.417 e. The summed E-state index contributed by atoms with van der Waals surface area (Å²) in [5.74, 6) is 0. The summed E-state index contributed by atoms with van der Waals surface area (Å²) in [5.41, 5.74) is 1.07. The molecule has 2 aromatic carbocycles. The normalized spacial score (nSPS) is 11.7. The molecule has 0 amide bonds. The Morgan fingerprint density at radius 3 is 2.48 bits per heavy atom. The first-order valence-electron chi connectivity index (χ1n) is 6.49. The first-order valence-corrected chi connectivity index (χ1v) is 7.31. The summed E-state index contributed by atoms with van der Waals surface area (Å²) in [4.78, 5) is 1.04. The van der Waals surface area contributed by atoms with Gasteiger partial charge in [0, 0.05) is 16.3 Å². The maximum atomic E-state index is 13.2. The van der Waals surface area contributed by atoms with Crippen LogP contribution in [0.2, 0.25) is 0 Å². The molecule has 0 aliphatic rings. The monoisotopic (exact) mass is 311 g/mol. The van der Waals surface area contributed by atoms with E-state index in [2.05, 4.69) is 5.32 Å². The third-order valence-corrected chi connectivity index (χ3v) is 4.01. The Bertz CT molecular complexity index is 623. The highest BCUT2D eigenvalue weighted by Gasteiger charge is 2.33. The molecule has 0 radical (unpaired) electrons. The van der Waals surface area contributed by atoms with E-state index in [0.717, 1.165) is 22.2 Å². The molecule has 0 saturated heterocycles. The molecule has 1 nitrogen and oxygen atoms in total. The van der Waals surface area contributed by atoms with Gasteiger partial charge < -0.3 is 5.32 Å². The molecule has 0 bridgehead atoms. The van der Waals surface area contributed by atoms with E-state index in [4.69, 9.17) is 0 Å². The third-order valence-electron chi connectivity index (χ3n) is 2.95. The third kappa shape index (κ3) is 4.25. The first kappa shape index (κ1) is 15.9. The van der Waals surface area contributed by atoms with Crippen LogP contribution in [0, 0.1) is 6.92 Å². The molecule has 0 heterocycles. The molecule has 5 heteroatoms. The van der Waals surface area contributed by atoms with Crippen LogP contribution in [-0.2, 0) is 12.7 Å². The quantitative estimate of drug-likeness (QED) is 0.863. The van der Waals surface area contributed by atoms with Gasteiger partial charge in [0.2, 0.25) is 0 Å². The molecule has 112 valence electrons. The van der Waals surface area contributed by atoms with E-state index in [1.165, 1.54) is 6.07 Å². The lowest BCUT2D eigenvalue weighted by Gasteiger charge is -2.14. The van der Waals surface area contributed by atoms with Crippen molar-refractivity contribution in [3.05, 3.63) is 59.2 Å². The van der Waals surface area contributed by atoms with Crippen molar-refractivity contribution >= 4 is 11.8 Å². The smallest absolute Gasteiger partial charge is 0.316 e. The lowest BCUT2D eigenvalue weighted by atomic mass is 10.1. The summed E-state index contributed by atoms with van der Waals surface area (Å²) in [6.07, 6.45) is -4.35. The highest BCUT2D eigenvalue weighted by atomic mass is 32.2. The second-order valence-corrected chi connectivity index (χ2v) is 5.89. The van der Waals surface area contributed by atoms with Crippen molar-refractivity contribution in [2.75, 3.05) is 7.05 Å². The van der Waals surface area contributed by atoms with Crippen LogP contribution < -0.4 is 5.32 Å². The molecule has 2 aromatic rings. The van der Waals surface area contributed by atoms with E-state index in [1.54, 1.807) is 19.2 Å². The molecule has 2 rings (SSSR count). The number of benzene rings is 2. The average Bonchev–Trinajstić information content (AvgIpc) is 2.39. The summed E-state index contributed by atoms with van der Waals surface area (Å²) in [7, 11) is 1.71. The van der Waals surface area contributed by atoms with E-state index in [0.29, 0.717) is 12.1 Å². The molecule has 0 atom stereocenters. The Labute approximate surface area is 126 Å². The zero-order valence-corrected chi connectivity index (χ0v) is 12.6. The zero-order chi connectivity index (χ0) is 15.5. The number of rotatable bonds is 4. The Balaban J connectivity index is 2.38. The van der Waals surface area contributed by atoms with Gasteiger partial charge in [-0.15, -0.1) is 0 Å². The zero-order valence-electron chi connectivity index (χ0n) is 11.8. The highest BCUT2D eigenvalue weighted by molar-refractivity contribution is 7.99. The second kappa shape index (κ2) is 6.54. The minimum absolute atomic E-state index is 0.230. The van der Waals surface area contributed by atoms with Crippen molar-refractivity contribution in [1.82, 2.24) is 5.32 Å². The van der Waals surface area contributed by atoms with E-state index in [-0.39, 0.29) is 4.90 Å². The van der Waals surface area contributed by atoms with E-state index in [1.807, 2.05) is 31.2 Å². The molecular formula is C16H16F3NS. The molecule has 0 unspecified atom stereocenters. The Hall–Kier alpha value is -1.46. The van der Waals surface area contributed by atoms with E-state index < -0.39 is 11.7 Å². The molecule has 1 N–H and O–H groups in total. The summed E-state index contributed by atoms with van der Waals surface area (Å²) in [6, 6.07) is 12.0. The van der Waals surface area contributed by atoms with Crippen LogP contribution in [0.4, 0.5) is 13.2 Å². The fourth-order valence-electron chi connectivity index (χ4n) is 2.01. The van der Waals surface area contributed by atoms with Crippen LogP contribution in [0.15, 0.2) is 52.3 Å². The SMILES string of the molecule is CNCc1ccc(Sc2cccc(C)c2)c(C(F)(F)F)c1. The minimum atomic E-state index is -4.35. The lowest BCUT2D eigenvalue weighted by molar-refractivity contribution is -0.139. The van der Waals surface area contributed by atoms with Gasteiger partial charge in [0.1, 0.15) is 0 Å². The fraction of sp³-hybridized carbons (Fsp3) is 0.250. The number of aryl methyl sites for hydroxylation is 1. The minimum Gasteiger partial charge on any atom is -0.316 e. The number of hydrogen-bond acceptors (Lipinski definition) is 2. The van der Waals surface area contributed by atoms with Crippen LogP contribution in [-0.4, -0.2) is 7.05 Å². The van der Waals surface area contributed by atoms with E-state index >= 15 is 0 Å². The van der Waals surface area contributed by atoms with Gasteiger partial charge in [-0.3, -0.25) is 0 Å². The Morgan fingerprint density at radius 1 is 1.10 bits per heavy atom. The molecule has 21 heavy (non-hydrogen) atoms. The lowest BCUT2D eigenvalue weighted by Crippen LogP contribution is -2.10. The summed E-state index contributed by atoms with van der Waals surface area (Å²) < 4.78 is 39.7. The van der Waals surface area contributed by atoms with Crippen molar-refractivity contribution < 1.29 is 13.2 Å². The van der Waals surface area contributed by atoms with Crippen LogP contribution >= 0.6 is 11.8 Å². The van der Waals surface area contributed by atoms with Crippen molar-refractivity contribution in [3.8, 4) is 0 Å². The van der Waals surface area contributed by atoms with Crippen molar-refractivity contribution in [1.29, 1.82) is 0 Å². The predicted octanol–water partition coefficient (Wildman–Crippen LogP) is 4.88. The van der Waals surface area contributed by atoms with Crippen LogP contribution in [0.3, 0.4) is 0 Å². The van der Waals surface area contributed by atoms with Crippen molar-refractivity contribution in [2.45, 2.75) is 29.4 Å². The topological polar surface area (TPSA) is 12.0 Å². The van der Waals surface area contributed by atoms with Gasteiger partial charge in [0.25, 0.3) is 0 Å². The first-order chi connectivity index (χ1) is 9.90. The maximum absolute atomic E-state index is 13.2. The molecule has 0 fully saturated rings. The van der Waals surface area contributed by atoms with Gasteiger partial charge in [-0.05, 0) is 43.8 Å². The number of halogens is 3. The average molecular weight is 311 g/mol. The molecule has 0 aliphatic carbocycles. The van der Waals surface area contributed by atoms with Gasteiger partial charge >= 0.3 is 6.18 Å². The predicted molar refractivity (Wildman–Crippen MR) is 79.5 cm³/mol. The Kier molecular flexibility index (Phi) is 4.96. The van der Waals surface area contributed by atoms with Crippen molar-refractivity contribution in [3.63, 3.8) is 0 Å². The van der Waals surface area contributed by atoms with Crippen LogP contribution in [0.5, 0.6) is 0 Å². The summed E-state index contributed by atoms with van der Waals surface area (Å²) in [5, 5.41) is 2.87. The molecular weight excluding hydrogens is 295 g/mol. The van der Waals surface area contributed by atoms with Crippen molar-refractivity contribution in [2.24, 2.45) is 0 Å². The molecule has 0 aromatic heterocycles. The van der Waals surface area contributed by atoms with Gasteiger partial charge in [-0.1, -0.05) is 35.5 Å². The van der Waals surface area contributed by atoms with Gasteiger partial charge in [-0.25, -0.2) is 0 Å². The summed E-state index contributed by atoms with van der Waals surface area (Å²) >= 11 is 1.14. The van der Waals surface area contributed by atoms with Gasteiger partial charge in [-0.2, -0.15) is 13.2 Å². The number of hydrogen-bond donors (Lipinski definition) is 1. The second-order valence-electron chi connectivity index (χ2n) is 4.78. The standard InChI is InChI=1S/C16H16F3NS/c1-11-4-3-5-13(8-11)21-15-7-6-12(10-20-2)9-14(15)16(17,18)19/h3-9,20H,10H2,1-2H3. The molecule has 0 aliphatic heterocycles. The Morgan fingerprint density at radius 2 is 1.86 bits per heavy atom. The van der Waals surface area contributed by atoms with E-state index in [9.17, 15) is 13.2 Å². The number of nitrogens with one attached hydrogen (secondary N) is 1.